The van der Waals surface area contributed by atoms with Gasteiger partial charge in [0.2, 0.25) is 0 Å². The number of rotatable bonds is 6. The van der Waals surface area contributed by atoms with Crippen molar-refractivity contribution in [1.29, 1.82) is 0 Å². The summed E-state index contributed by atoms with van der Waals surface area (Å²) in [7, 11) is 1.31. The molecule has 1 heterocycles. The molecule has 3 rings (SSSR count). The zero-order valence-corrected chi connectivity index (χ0v) is 14.1. The highest BCUT2D eigenvalue weighted by atomic mass is 16.6. The zero-order chi connectivity index (χ0) is 18.5. The molecule has 132 valence electrons. The normalized spacial score (nSPS) is 12.3. The SMILES string of the molecule is COC(=O)C(Cc1c[nH]c2ccccc12)N=Cc1cccc([N+](=O)[O-])c1. The highest BCUT2D eigenvalue weighted by molar-refractivity contribution is 5.87. The molecule has 0 spiro atoms. The van der Waals surface area contributed by atoms with Gasteiger partial charge >= 0.3 is 5.97 Å². The van der Waals surface area contributed by atoms with Gasteiger partial charge in [0.25, 0.3) is 5.69 Å². The molecule has 1 unspecified atom stereocenters. The van der Waals surface area contributed by atoms with Crippen molar-refractivity contribution in [2.75, 3.05) is 7.11 Å². The molecule has 0 aliphatic heterocycles. The van der Waals surface area contributed by atoms with Crippen LogP contribution < -0.4 is 0 Å². The summed E-state index contributed by atoms with van der Waals surface area (Å²) in [6.45, 7) is 0. The Labute approximate surface area is 149 Å². The molecule has 1 atom stereocenters. The number of carbonyl (C=O) groups is 1. The molecule has 0 bridgehead atoms. The number of aromatic amines is 1. The number of aliphatic imine (C=N–C) groups is 1. The van der Waals surface area contributed by atoms with Gasteiger partial charge in [-0.05, 0) is 17.2 Å². The van der Waals surface area contributed by atoms with E-state index >= 15 is 0 Å². The highest BCUT2D eigenvalue weighted by Gasteiger charge is 2.20. The maximum atomic E-state index is 12.1. The molecule has 3 aromatic rings. The summed E-state index contributed by atoms with van der Waals surface area (Å²) >= 11 is 0. The van der Waals surface area contributed by atoms with Crippen molar-refractivity contribution < 1.29 is 14.5 Å². The van der Waals surface area contributed by atoms with Crippen molar-refractivity contribution in [2.24, 2.45) is 4.99 Å². The third kappa shape index (κ3) is 3.77. The van der Waals surface area contributed by atoms with Gasteiger partial charge in [0.1, 0.15) is 0 Å². The van der Waals surface area contributed by atoms with Crippen LogP contribution in [-0.2, 0) is 16.0 Å². The van der Waals surface area contributed by atoms with Crippen LogP contribution in [0, 0.1) is 10.1 Å². The van der Waals surface area contributed by atoms with Gasteiger partial charge in [-0.1, -0.05) is 30.3 Å². The van der Waals surface area contributed by atoms with Crippen LogP contribution in [0.5, 0.6) is 0 Å². The van der Waals surface area contributed by atoms with Crippen molar-refractivity contribution in [1.82, 2.24) is 4.98 Å². The minimum Gasteiger partial charge on any atom is -0.467 e. The van der Waals surface area contributed by atoms with Gasteiger partial charge in [0.05, 0.1) is 12.0 Å². The van der Waals surface area contributed by atoms with E-state index < -0.39 is 16.9 Å². The number of esters is 1. The van der Waals surface area contributed by atoms with Crippen molar-refractivity contribution in [2.45, 2.75) is 12.5 Å². The van der Waals surface area contributed by atoms with E-state index in [1.165, 1.54) is 25.5 Å². The first-order chi connectivity index (χ1) is 12.6. The molecule has 0 saturated carbocycles. The van der Waals surface area contributed by atoms with Gasteiger partial charge in [-0.2, -0.15) is 0 Å². The molecule has 7 nitrogen and oxygen atoms in total. The number of nitro groups is 1. The van der Waals surface area contributed by atoms with Crippen molar-refractivity contribution in [3.8, 4) is 0 Å². The summed E-state index contributed by atoms with van der Waals surface area (Å²) < 4.78 is 4.85. The van der Waals surface area contributed by atoms with E-state index in [-0.39, 0.29) is 5.69 Å². The number of fused-ring (bicyclic) bond motifs is 1. The molecule has 1 aromatic heterocycles. The van der Waals surface area contributed by atoms with Gasteiger partial charge in [0.15, 0.2) is 6.04 Å². The van der Waals surface area contributed by atoms with Crippen molar-refractivity contribution in [3.63, 3.8) is 0 Å². The topological polar surface area (TPSA) is 97.6 Å². The van der Waals surface area contributed by atoms with E-state index in [0.29, 0.717) is 12.0 Å². The Morgan fingerprint density at radius 1 is 1.31 bits per heavy atom. The van der Waals surface area contributed by atoms with Gasteiger partial charge in [-0.3, -0.25) is 15.1 Å². The van der Waals surface area contributed by atoms with Gasteiger partial charge < -0.3 is 9.72 Å². The lowest BCUT2D eigenvalue weighted by Crippen LogP contribution is -2.23. The number of aromatic nitrogens is 1. The highest BCUT2D eigenvalue weighted by Crippen LogP contribution is 2.20. The van der Waals surface area contributed by atoms with Crippen molar-refractivity contribution in [3.05, 3.63) is 76.0 Å². The summed E-state index contributed by atoms with van der Waals surface area (Å²) in [6, 6.07) is 13.1. The fourth-order valence-corrected chi connectivity index (χ4v) is 2.74. The van der Waals surface area contributed by atoms with Gasteiger partial charge in [-0.15, -0.1) is 0 Å². The molecule has 0 saturated heterocycles. The number of benzene rings is 2. The first kappa shape index (κ1) is 17.3. The molecule has 2 aromatic carbocycles. The number of hydrogen-bond donors (Lipinski definition) is 1. The van der Waals surface area contributed by atoms with E-state index in [0.717, 1.165) is 16.5 Å². The number of ether oxygens (including phenoxy) is 1. The van der Waals surface area contributed by atoms with Crippen LogP contribution in [-0.4, -0.2) is 35.2 Å². The summed E-state index contributed by atoms with van der Waals surface area (Å²) in [6.07, 6.45) is 3.68. The number of para-hydroxylation sites is 1. The second-order valence-electron chi connectivity index (χ2n) is 5.73. The number of nitrogens with zero attached hydrogens (tertiary/aromatic N) is 2. The predicted octanol–water partition coefficient (Wildman–Crippen LogP) is 3.28. The van der Waals surface area contributed by atoms with Crippen LogP contribution in [0.4, 0.5) is 5.69 Å². The monoisotopic (exact) mass is 351 g/mol. The third-order valence-corrected chi connectivity index (χ3v) is 4.05. The molecule has 0 aliphatic rings. The quantitative estimate of drug-likeness (QED) is 0.319. The molecule has 0 aliphatic carbocycles. The fourth-order valence-electron chi connectivity index (χ4n) is 2.74. The smallest absolute Gasteiger partial charge is 0.330 e. The molecule has 26 heavy (non-hydrogen) atoms. The van der Waals surface area contributed by atoms with Crippen LogP contribution in [0.3, 0.4) is 0 Å². The first-order valence-electron chi connectivity index (χ1n) is 7.99. The molecule has 1 N–H and O–H groups in total. The van der Waals surface area contributed by atoms with Crippen LogP contribution >= 0.6 is 0 Å². The third-order valence-electron chi connectivity index (χ3n) is 4.05. The van der Waals surface area contributed by atoms with Gasteiger partial charge in [0, 0.05) is 41.9 Å². The Kier molecular flexibility index (Phi) is 5.07. The molecular formula is C19H17N3O4. The minimum absolute atomic E-state index is 0.0276. The summed E-state index contributed by atoms with van der Waals surface area (Å²) in [5.74, 6) is -0.461. The van der Waals surface area contributed by atoms with E-state index in [2.05, 4.69) is 9.98 Å². The van der Waals surface area contributed by atoms with E-state index in [1.807, 2.05) is 30.5 Å². The average Bonchev–Trinajstić information content (AvgIpc) is 3.07. The van der Waals surface area contributed by atoms with Gasteiger partial charge in [-0.25, -0.2) is 4.79 Å². The molecule has 0 radical (unpaired) electrons. The fraction of sp³-hybridized carbons (Fsp3) is 0.158. The lowest BCUT2D eigenvalue weighted by atomic mass is 10.1. The van der Waals surface area contributed by atoms with E-state index in [1.54, 1.807) is 12.1 Å². The standard InChI is InChI=1S/C19H17N3O4/c1-26-19(23)18(10-14-12-21-17-8-3-2-7-16(14)17)20-11-13-5-4-6-15(9-13)22(24)25/h2-9,11-12,18,21H,10H2,1H3. The van der Waals surface area contributed by atoms with Crippen LogP contribution in [0.1, 0.15) is 11.1 Å². The summed E-state index contributed by atoms with van der Waals surface area (Å²) in [5, 5.41) is 11.9. The number of H-pyrrole nitrogens is 1. The Bertz CT molecular complexity index is 978. The Balaban J connectivity index is 1.86. The molecule has 0 amide bonds. The molecular weight excluding hydrogens is 334 g/mol. The zero-order valence-electron chi connectivity index (χ0n) is 14.1. The number of methoxy groups -OCH3 is 1. The summed E-state index contributed by atoms with van der Waals surface area (Å²) in [4.78, 5) is 30.0. The van der Waals surface area contributed by atoms with E-state index in [4.69, 9.17) is 4.74 Å². The first-order valence-corrected chi connectivity index (χ1v) is 7.99. The van der Waals surface area contributed by atoms with Crippen LogP contribution in [0.2, 0.25) is 0 Å². The minimum atomic E-state index is -0.738. The number of nitro benzene ring substituents is 1. The Morgan fingerprint density at radius 2 is 2.12 bits per heavy atom. The maximum Gasteiger partial charge on any atom is 0.330 e. The predicted molar refractivity (Wildman–Crippen MR) is 98.5 cm³/mol. The van der Waals surface area contributed by atoms with Crippen molar-refractivity contribution >= 4 is 28.8 Å². The second kappa shape index (κ2) is 7.60. The van der Waals surface area contributed by atoms with E-state index in [9.17, 15) is 14.9 Å². The largest absolute Gasteiger partial charge is 0.467 e. The Hall–Kier alpha value is -3.48. The average molecular weight is 351 g/mol. The maximum absolute atomic E-state index is 12.1. The Morgan fingerprint density at radius 3 is 2.88 bits per heavy atom. The molecule has 7 heteroatoms. The van der Waals surface area contributed by atoms with Crippen LogP contribution in [0.15, 0.2) is 59.7 Å². The lowest BCUT2D eigenvalue weighted by molar-refractivity contribution is -0.384. The number of carbonyl (C=O) groups excluding carboxylic acids is 1. The number of hydrogen-bond acceptors (Lipinski definition) is 5. The molecule has 0 fully saturated rings. The number of nitrogens with one attached hydrogen (secondary N) is 1. The summed E-state index contributed by atoms with van der Waals surface area (Å²) in [5.41, 5.74) is 2.45. The van der Waals surface area contributed by atoms with Crippen LogP contribution in [0.25, 0.3) is 10.9 Å². The second-order valence-corrected chi connectivity index (χ2v) is 5.73. The lowest BCUT2D eigenvalue weighted by Gasteiger charge is -2.09. The number of non-ortho nitro benzene ring substituents is 1.